The third-order valence-electron chi connectivity index (χ3n) is 1.74. The lowest BCUT2D eigenvalue weighted by molar-refractivity contribution is 0.121. The molecule has 1 atom stereocenters. The van der Waals surface area contributed by atoms with Gasteiger partial charge in [0.2, 0.25) is 0 Å². The summed E-state index contributed by atoms with van der Waals surface area (Å²) in [5, 5.41) is 0. The molecule has 0 N–H and O–H groups in total. The van der Waals surface area contributed by atoms with E-state index in [-0.39, 0.29) is 0 Å². The zero-order valence-electron chi connectivity index (χ0n) is 4.85. The van der Waals surface area contributed by atoms with Gasteiger partial charge in [-0.25, -0.2) is 0 Å². The molecule has 1 heteroatoms. The lowest BCUT2D eigenvalue weighted by Gasteiger charge is -2.37. The van der Waals surface area contributed by atoms with Gasteiger partial charge in [-0.3, -0.25) is 0 Å². The van der Waals surface area contributed by atoms with Crippen molar-refractivity contribution in [3.8, 4) is 0 Å². The Kier molecular flexibility index (Phi) is 1.33. The first-order valence-electron chi connectivity index (χ1n) is 2.88. The molecule has 1 fully saturated rings. The van der Waals surface area contributed by atoms with Crippen molar-refractivity contribution < 1.29 is 0 Å². The highest BCUT2D eigenvalue weighted by atomic mass is 15.2. The fourth-order valence-electron chi connectivity index (χ4n) is 0.902. The van der Waals surface area contributed by atoms with Crippen molar-refractivity contribution in [3.63, 3.8) is 0 Å². The largest absolute Gasteiger partial charge is 0.301 e. The minimum atomic E-state index is 0.817. The second-order valence-corrected chi connectivity index (χ2v) is 2.17. The van der Waals surface area contributed by atoms with Crippen LogP contribution in [0.4, 0.5) is 0 Å². The summed E-state index contributed by atoms with van der Waals surface area (Å²) in [6.07, 6.45) is 1.37. The summed E-state index contributed by atoms with van der Waals surface area (Å²) in [7, 11) is 0. The van der Waals surface area contributed by atoms with Crippen molar-refractivity contribution in [2.75, 3.05) is 13.1 Å². The van der Waals surface area contributed by atoms with Crippen molar-refractivity contribution in [2.24, 2.45) is 0 Å². The molecule has 0 amide bonds. The van der Waals surface area contributed by atoms with Gasteiger partial charge < -0.3 is 4.90 Å². The van der Waals surface area contributed by atoms with Crippen LogP contribution in [0.5, 0.6) is 0 Å². The van der Waals surface area contributed by atoms with Crippen LogP contribution in [0, 0.1) is 6.92 Å². The number of likely N-dealkylation sites (tertiary alicyclic amines) is 1. The van der Waals surface area contributed by atoms with Gasteiger partial charge >= 0.3 is 0 Å². The Balaban J connectivity index is 2.16. The second-order valence-electron chi connectivity index (χ2n) is 2.17. The van der Waals surface area contributed by atoms with E-state index in [0.717, 1.165) is 12.6 Å². The normalized spacial score (nSPS) is 32.6. The maximum Gasteiger partial charge on any atom is 0.00791 e. The van der Waals surface area contributed by atoms with E-state index in [1.165, 1.54) is 13.0 Å². The first kappa shape index (κ1) is 5.10. The predicted octanol–water partition coefficient (Wildman–Crippen LogP) is 0.915. The Morgan fingerprint density at radius 3 is 2.57 bits per heavy atom. The van der Waals surface area contributed by atoms with Crippen LogP contribution in [-0.2, 0) is 0 Å². The average Bonchev–Trinajstić information content (AvgIpc) is 1.65. The average molecular weight is 98.2 g/mol. The van der Waals surface area contributed by atoms with Crippen LogP contribution in [0.1, 0.15) is 13.3 Å². The minimum absolute atomic E-state index is 0.817. The van der Waals surface area contributed by atoms with Crippen LogP contribution in [0.25, 0.3) is 0 Å². The summed E-state index contributed by atoms with van der Waals surface area (Å²) in [4.78, 5) is 2.36. The van der Waals surface area contributed by atoms with E-state index in [2.05, 4.69) is 18.7 Å². The molecule has 1 nitrogen and oxygen atoms in total. The Hall–Kier alpha value is -0.0400. The number of rotatable bonds is 1. The topological polar surface area (TPSA) is 3.24 Å². The van der Waals surface area contributed by atoms with E-state index in [0.29, 0.717) is 0 Å². The van der Waals surface area contributed by atoms with Gasteiger partial charge in [-0.1, -0.05) is 0 Å². The molecule has 0 bridgehead atoms. The van der Waals surface area contributed by atoms with E-state index in [1.54, 1.807) is 0 Å². The van der Waals surface area contributed by atoms with Gasteiger partial charge in [-0.15, -0.1) is 0 Å². The Bertz CT molecular complexity index is 59.2. The monoisotopic (exact) mass is 98.1 g/mol. The molecule has 1 saturated heterocycles. The van der Waals surface area contributed by atoms with E-state index < -0.39 is 0 Å². The summed E-state index contributed by atoms with van der Waals surface area (Å²) in [5.74, 6) is 0. The van der Waals surface area contributed by atoms with Crippen molar-refractivity contribution in [1.29, 1.82) is 0 Å². The predicted molar refractivity (Wildman–Crippen MR) is 31.0 cm³/mol. The molecule has 1 radical (unpaired) electrons. The van der Waals surface area contributed by atoms with Gasteiger partial charge in [0, 0.05) is 6.04 Å². The maximum absolute atomic E-state index is 3.78. The third kappa shape index (κ3) is 0.778. The summed E-state index contributed by atoms with van der Waals surface area (Å²) in [6.45, 7) is 8.28. The fraction of sp³-hybridized carbons (Fsp3) is 0.833. The van der Waals surface area contributed by atoms with Gasteiger partial charge in [0.25, 0.3) is 0 Å². The smallest absolute Gasteiger partial charge is 0.00791 e. The summed E-state index contributed by atoms with van der Waals surface area (Å²) < 4.78 is 0. The zero-order chi connectivity index (χ0) is 5.28. The first-order chi connectivity index (χ1) is 3.34. The molecule has 41 valence electrons. The molecule has 0 aromatic carbocycles. The summed E-state index contributed by atoms with van der Waals surface area (Å²) in [6, 6.07) is 0.817. The van der Waals surface area contributed by atoms with E-state index in [4.69, 9.17) is 0 Å². The van der Waals surface area contributed by atoms with Crippen molar-refractivity contribution >= 4 is 0 Å². The maximum atomic E-state index is 3.78. The molecule has 7 heavy (non-hydrogen) atoms. The van der Waals surface area contributed by atoms with E-state index >= 15 is 0 Å². The number of hydrogen-bond acceptors (Lipinski definition) is 1. The molecule has 1 rings (SSSR count). The summed E-state index contributed by atoms with van der Waals surface area (Å²) in [5.41, 5.74) is 0. The molecular formula is C6H12N. The molecule has 0 spiro atoms. The Morgan fingerprint density at radius 2 is 2.57 bits per heavy atom. The molecule has 1 heterocycles. The molecule has 0 aliphatic carbocycles. The van der Waals surface area contributed by atoms with Crippen LogP contribution in [0.3, 0.4) is 0 Å². The quantitative estimate of drug-likeness (QED) is 0.471. The van der Waals surface area contributed by atoms with Crippen LogP contribution < -0.4 is 0 Å². The van der Waals surface area contributed by atoms with Gasteiger partial charge in [-0.05, 0) is 33.4 Å². The fourth-order valence-corrected chi connectivity index (χ4v) is 0.902. The highest BCUT2D eigenvalue weighted by molar-refractivity contribution is 4.78. The molecule has 1 aliphatic rings. The highest BCUT2D eigenvalue weighted by Gasteiger charge is 2.20. The van der Waals surface area contributed by atoms with Gasteiger partial charge in [-0.2, -0.15) is 0 Å². The lowest BCUT2D eigenvalue weighted by atomic mass is 10.1. The van der Waals surface area contributed by atoms with Crippen LogP contribution in [0.15, 0.2) is 0 Å². The van der Waals surface area contributed by atoms with E-state index in [1.807, 2.05) is 0 Å². The van der Waals surface area contributed by atoms with Crippen molar-refractivity contribution in [3.05, 3.63) is 6.92 Å². The van der Waals surface area contributed by atoms with Gasteiger partial charge in [0.1, 0.15) is 0 Å². The summed E-state index contributed by atoms with van der Waals surface area (Å²) >= 11 is 0. The number of nitrogens with zero attached hydrogens (tertiary/aromatic N) is 1. The molecule has 1 unspecified atom stereocenters. The SMILES string of the molecule is [CH2]CN1CCC1C. The van der Waals surface area contributed by atoms with Crippen molar-refractivity contribution in [2.45, 2.75) is 19.4 Å². The van der Waals surface area contributed by atoms with Crippen molar-refractivity contribution in [1.82, 2.24) is 4.90 Å². The molecule has 1 aliphatic heterocycles. The Labute approximate surface area is 45.3 Å². The van der Waals surface area contributed by atoms with Crippen LogP contribution in [-0.4, -0.2) is 24.0 Å². The highest BCUT2D eigenvalue weighted by Crippen LogP contribution is 2.13. The number of hydrogen-bond donors (Lipinski definition) is 0. The first-order valence-corrected chi connectivity index (χ1v) is 2.88. The minimum Gasteiger partial charge on any atom is -0.301 e. The molecule has 0 aromatic heterocycles. The second kappa shape index (κ2) is 1.83. The zero-order valence-corrected chi connectivity index (χ0v) is 4.85. The molecular weight excluding hydrogens is 86.1 g/mol. The van der Waals surface area contributed by atoms with Gasteiger partial charge in [0.05, 0.1) is 0 Å². The molecule has 0 saturated carbocycles. The molecule has 0 aromatic rings. The third-order valence-corrected chi connectivity index (χ3v) is 1.74. The van der Waals surface area contributed by atoms with E-state index in [9.17, 15) is 0 Å². The lowest BCUT2D eigenvalue weighted by Crippen LogP contribution is -2.45. The van der Waals surface area contributed by atoms with Gasteiger partial charge in [0.15, 0.2) is 0 Å². The van der Waals surface area contributed by atoms with Crippen LogP contribution in [0.2, 0.25) is 0 Å². The standard InChI is InChI=1S/C6H12N/c1-3-7-5-4-6(7)2/h6H,1,3-5H2,2H3. The Morgan fingerprint density at radius 1 is 1.86 bits per heavy atom. The van der Waals surface area contributed by atoms with Crippen LogP contribution >= 0.6 is 0 Å².